The van der Waals surface area contributed by atoms with Gasteiger partial charge in [-0.2, -0.15) is 5.10 Å². The highest BCUT2D eigenvalue weighted by Crippen LogP contribution is 2.22. The van der Waals surface area contributed by atoms with Gasteiger partial charge in [-0.15, -0.1) is 0 Å². The van der Waals surface area contributed by atoms with Crippen LogP contribution < -0.4 is 14.8 Å². The van der Waals surface area contributed by atoms with Gasteiger partial charge in [0.25, 0.3) is 5.91 Å². The first kappa shape index (κ1) is 20.6. The van der Waals surface area contributed by atoms with E-state index in [1.165, 1.54) is 0 Å². The molecule has 0 aliphatic carbocycles. The Balaban J connectivity index is 1.30. The molecule has 156 valence electrons. The van der Waals surface area contributed by atoms with E-state index < -0.39 is 0 Å². The van der Waals surface area contributed by atoms with Gasteiger partial charge in [-0.05, 0) is 42.0 Å². The van der Waals surface area contributed by atoms with Crippen LogP contribution in [-0.2, 0) is 11.3 Å². The molecule has 0 saturated heterocycles. The molecule has 4 aromatic rings. The third-order valence-electron chi connectivity index (χ3n) is 4.32. The minimum atomic E-state index is -0.275. The van der Waals surface area contributed by atoms with E-state index in [0.29, 0.717) is 29.7 Å². The van der Waals surface area contributed by atoms with E-state index in [9.17, 15) is 4.79 Å². The van der Waals surface area contributed by atoms with Crippen molar-refractivity contribution in [2.75, 3.05) is 11.9 Å². The number of ether oxygens (including phenoxy) is 2. The lowest BCUT2D eigenvalue weighted by atomic mass is 10.2. The molecule has 0 unspecified atom stereocenters. The fourth-order valence-corrected chi connectivity index (χ4v) is 3.22. The standard InChI is InChI=1S/C23H19BrN4O3/c24-20-6-2-1-5-17(20)15-28-21(12-14-26-28)27-22(29)16-30-18-8-10-19(11-9-18)31-23-7-3-4-13-25-23/h1-14H,15-16H2,(H,27,29). The Morgan fingerprint density at radius 2 is 1.71 bits per heavy atom. The molecule has 0 atom stereocenters. The number of amides is 1. The Kier molecular flexibility index (Phi) is 6.59. The first-order chi connectivity index (χ1) is 15.2. The second kappa shape index (κ2) is 9.90. The van der Waals surface area contributed by atoms with Crippen molar-refractivity contribution >= 4 is 27.7 Å². The lowest BCUT2D eigenvalue weighted by Crippen LogP contribution is -2.22. The maximum Gasteiger partial charge on any atom is 0.263 e. The van der Waals surface area contributed by atoms with Crippen molar-refractivity contribution in [3.63, 3.8) is 0 Å². The fourth-order valence-electron chi connectivity index (χ4n) is 2.81. The number of hydrogen-bond acceptors (Lipinski definition) is 5. The molecule has 2 aromatic heterocycles. The van der Waals surface area contributed by atoms with Crippen LogP contribution in [0.5, 0.6) is 17.4 Å². The van der Waals surface area contributed by atoms with E-state index in [1.54, 1.807) is 53.5 Å². The topological polar surface area (TPSA) is 78.3 Å². The molecule has 0 aliphatic heterocycles. The summed E-state index contributed by atoms with van der Waals surface area (Å²) in [5.41, 5.74) is 1.06. The molecule has 0 radical (unpaired) electrons. The number of nitrogens with one attached hydrogen (secondary N) is 1. The third-order valence-corrected chi connectivity index (χ3v) is 5.09. The molecule has 7 nitrogen and oxygen atoms in total. The zero-order valence-corrected chi connectivity index (χ0v) is 18.0. The van der Waals surface area contributed by atoms with Crippen LogP contribution in [0, 0.1) is 0 Å². The van der Waals surface area contributed by atoms with Crippen LogP contribution in [-0.4, -0.2) is 27.3 Å². The first-order valence-corrected chi connectivity index (χ1v) is 10.3. The number of anilines is 1. The van der Waals surface area contributed by atoms with Gasteiger partial charge in [0.15, 0.2) is 6.61 Å². The average molecular weight is 479 g/mol. The molecule has 1 N–H and O–H groups in total. The molecule has 0 spiro atoms. The zero-order chi connectivity index (χ0) is 21.5. The molecular weight excluding hydrogens is 460 g/mol. The third kappa shape index (κ3) is 5.70. The summed E-state index contributed by atoms with van der Waals surface area (Å²) in [5, 5.41) is 7.12. The lowest BCUT2D eigenvalue weighted by Gasteiger charge is -2.11. The molecule has 31 heavy (non-hydrogen) atoms. The van der Waals surface area contributed by atoms with Crippen molar-refractivity contribution in [1.82, 2.24) is 14.8 Å². The minimum Gasteiger partial charge on any atom is -0.484 e. The van der Waals surface area contributed by atoms with Crippen molar-refractivity contribution in [3.05, 3.63) is 95.2 Å². The van der Waals surface area contributed by atoms with Gasteiger partial charge in [-0.1, -0.05) is 40.2 Å². The average Bonchev–Trinajstić information content (AvgIpc) is 3.22. The van der Waals surface area contributed by atoms with Crippen molar-refractivity contribution < 1.29 is 14.3 Å². The Hall–Kier alpha value is -3.65. The maximum absolute atomic E-state index is 12.3. The smallest absolute Gasteiger partial charge is 0.263 e. The van der Waals surface area contributed by atoms with E-state index >= 15 is 0 Å². The van der Waals surface area contributed by atoms with Crippen LogP contribution in [0.3, 0.4) is 0 Å². The number of nitrogens with zero attached hydrogens (tertiary/aromatic N) is 3. The van der Waals surface area contributed by atoms with E-state index in [1.807, 2.05) is 36.4 Å². The summed E-state index contributed by atoms with van der Waals surface area (Å²) in [6.45, 7) is 0.406. The largest absolute Gasteiger partial charge is 0.484 e. The van der Waals surface area contributed by atoms with E-state index in [0.717, 1.165) is 10.0 Å². The Bertz CT molecular complexity index is 1150. The number of halogens is 1. The highest BCUT2D eigenvalue weighted by atomic mass is 79.9. The zero-order valence-electron chi connectivity index (χ0n) is 16.4. The van der Waals surface area contributed by atoms with E-state index in [2.05, 4.69) is 31.3 Å². The normalized spacial score (nSPS) is 10.5. The summed E-state index contributed by atoms with van der Waals surface area (Å²) in [7, 11) is 0. The van der Waals surface area contributed by atoms with Crippen LogP contribution in [0.1, 0.15) is 5.56 Å². The van der Waals surface area contributed by atoms with Crippen LogP contribution >= 0.6 is 15.9 Å². The summed E-state index contributed by atoms with van der Waals surface area (Å²) < 4.78 is 13.9. The fraction of sp³-hybridized carbons (Fsp3) is 0.0870. The van der Waals surface area contributed by atoms with E-state index in [-0.39, 0.29) is 12.5 Å². The lowest BCUT2D eigenvalue weighted by molar-refractivity contribution is -0.118. The van der Waals surface area contributed by atoms with Gasteiger partial charge >= 0.3 is 0 Å². The Morgan fingerprint density at radius 3 is 2.48 bits per heavy atom. The summed E-state index contributed by atoms with van der Waals surface area (Å²) in [4.78, 5) is 16.5. The number of benzene rings is 2. The Morgan fingerprint density at radius 1 is 0.935 bits per heavy atom. The number of carbonyl (C=O) groups is 1. The molecule has 1 amide bonds. The van der Waals surface area contributed by atoms with Crippen LogP contribution in [0.15, 0.2) is 89.7 Å². The summed E-state index contributed by atoms with van der Waals surface area (Å²) in [6, 6.07) is 22.1. The van der Waals surface area contributed by atoms with Crippen LogP contribution in [0.25, 0.3) is 0 Å². The van der Waals surface area contributed by atoms with E-state index in [4.69, 9.17) is 9.47 Å². The monoisotopic (exact) mass is 478 g/mol. The number of rotatable bonds is 8. The molecule has 2 heterocycles. The van der Waals surface area contributed by atoms with Gasteiger partial charge in [-0.3, -0.25) is 4.79 Å². The SMILES string of the molecule is O=C(COc1ccc(Oc2ccccn2)cc1)Nc1ccnn1Cc1ccccc1Br. The molecule has 0 saturated carbocycles. The predicted octanol–water partition coefficient (Wildman–Crippen LogP) is 4.90. The van der Waals surface area contributed by atoms with Gasteiger partial charge < -0.3 is 14.8 Å². The number of hydrogen-bond donors (Lipinski definition) is 1. The first-order valence-electron chi connectivity index (χ1n) is 9.54. The molecular formula is C23H19BrN4O3. The van der Waals surface area contributed by atoms with Crippen molar-refractivity contribution in [2.24, 2.45) is 0 Å². The molecule has 4 rings (SSSR count). The number of aromatic nitrogens is 3. The number of carbonyl (C=O) groups excluding carboxylic acids is 1. The van der Waals surface area contributed by atoms with Crippen molar-refractivity contribution in [2.45, 2.75) is 6.54 Å². The maximum atomic E-state index is 12.3. The van der Waals surface area contributed by atoms with Crippen molar-refractivity contribution in [1.29, 1.82) is 0 Å². The van der Waals surface area contributed by atoms with Crippen LogP contribution in [0.2, 0.25) is 0 Å². The van der Waals surface area contributed by atoms with Gasteiger partial charge in [0.1, 0.15) is 17.3 Å². The number of pyridine rings is 1. The van der Waals surface area contributed by atoms with Gasteiger partial charge in [0.05, 0.1) is 12.7 Å². The van der Waals surface area contributed by atoms with Crippen molar-refractivity contribution in [3.8, 4) is 17.4 Å². The second-order valence-corrected chi connectivity index (χ2v) is 7.40. The molecule has 0 bridgehead atoms. The summed E-state index contributed by atoms with van der Waals surface area (Å²) in [6.07, 6.45) is 3.31. The highest BCUT2D eigenvalue weighted by Gasteiger charge is 2.10. The van der Waals surface area contributed by atoms with Gasteiger partial charge in [0.2, 0.25) is 5.88 Å². The highest BCUT2D eigenvalue weighted by molar-refractivity contribution is 9.10. The molecule has 2 aromatic carbocycles. The van der Waals surface area contributed by atoms with Crippen LogP contribution in [0.4, 0.5) is 5.82 Å². The van der Waals surface area contributed by atoms with Gasteiger partial charge in [-0.25, -0.2) is 9.67 Å². The molecule has 0 aliphatic rings. The quantitative estimate of drug-likeness (QED) is 0.389. The summed E-state index contributed by atoms with van der Waals surface area (Å²) in [5.74, 6) is 2.03. The summed E-state index contributed by atoms with van der Waals surface area (Å²) >= 11 is 3.53. The predicted molar refractivity (Wildman–Crippen MR) is 120 cm³/mol. The van der Waals surface area contributed by atoms with Gasteiger partial charge in [0, 0.05) is 22.8 Å². The molecule has 0 fully saturated rings. The molecule has 8 heteroatoms. The Labute approximate surface area is 187 Å². The minimum absolute atomic E-state index is 0.124. The second-order valence-electron chi connectivity index (χ2n) is 6.54.